The monoisotopic (exact) mass is 633 g/mol. The molecule has 45 heavy (non-hydrogen) atoms. The predicted octanol–water partition coefficient (Wildman–Crippen LogP) is 4.15. The van der Waals surface area contributed by atoms with E-state index in [1.807, 2.05) is 19.1 Å². The van der Waals surface area contributed by atoms with E-state index in [0.29, 0.717) is 31.0 Å². The van der Waals surface area contributed by atoms with Crippen LogP contribution in [0.5, 0.6) is 11.6 Å². The third kappa shape index (κ3) is 5.87. The molecular weight excluding hydrogens is 602 g/mol. The summed E-state index contributed by atoms with van der Waals surface area (Å²) >= 11 is 0. The molecule has 0 bridgehead atoms. The topological polar surface area (TPSA) is 116 Å². The molecule has 1 saturated heterocycles. The minimum absolute atomic E-state index is 0.0667. The van der Waals surface area contributed by atoms with Crippen molar-refractivity contribution in [1.82, 2.24) is 19.4 Å². The second-order valence-electron chi connectivity index (χ2n) is 11.5. The minimum atomic E-state index is -1.13. The summed E-state index contributed by atoms with van der Waals surface area (Å²) in [5, 5.41) is 10.6. The number of ether oxygens (including phenoxy) is 2. The number of nitro groups is 1. The van der Waals surface area contributed by atoms with E-state index in [-0.39, 0.29) is 41.7 Å². The highest BCUT2D eigenvalue weighted by atomic mass is 28.1. The lowest BCUT2D eigenvalue weighted by molar-refractivity contribution is -0.389. The molecule has 0 saturated carbocycles. The highest BCUT2D eigenvalue weighted by Crippen LogP contribution is 2.36. The Labute approximate surface area is 261 Å². The van der Waals surface area contributed by atoms with E-state index in [2.05, 4.69) is 30.0 Å². The summed E-state index contributed by atoms with van der Waals surface area (Å²) in [6.45, 7) is 4.00. The van der Waals surface area contributed by atoms with Gasteiger partial charge < -0.3 is 29.1 Å². The first kappa shape index (κ1) is 30.6. The molecule has 1 fully saturated rings. The van der Waals surface area contributed by atoms with Gasteiger partial charge in [0.25, 0.3) is 0 Å². The van der Waals surface area contributed by atoms with Gasteiger partial charge >= 0.3 is 5.82 Å². The van der Waals surface area contributed by atoms with Gasteiger partial charge in [0.2, 0.25) is 11.7 Å². The smallest absolute Gasteiger partial charge is 0.363 e. The van der Waals surface area contributed by atoms with Gasteiger partial charge in [-0.15, -0.1) is 0 Å². The van der Waals surface area contributed by atoms with Crippen molar-refractivity contribution in [3.05, 3.63) is 92.0 Å². The molecule has 0 aliphatic carbocycles. The number of hydrogen-bond acceptors (Lipinski definition) is 9. The number of hydrogen-bond donors (Lipinski definition) is 0. The average Bonchev–Trinajstić information content (AvgIpc) is 3.04. The van der Waals surface area contributed by atoms with Crippen molar-refractivity contribution in [2.24, 2.45) is 0 Å². The largest absolute Gasteiger partial charge is 0.486 e. The van der Waals surface area contributed by atoms with Gasteiger partial charge in [0.15, 0.2) is 23.2 Å². The Morgan fingerprint density at radius 1 is 1.27 bits per heavy atom. The number of aromatic nitrogens is 3. The maximum absolute atomic E-state index is 14.7. The summed E-state index contributed by atoms with van der Waals surface area (Å²) in [6.07, 6.45) is 7.07. The summed E-state index contributed by atoms with van der Waals surface area (Å²) in [5.41, 5.74) is 2.03. The van der Waals surface area contributed by atoms with Crippen LogP contribution in [0.1, 0.15) is 36.9 Å². The fraction of sp³-hybridized carbons (Fsp3) is 0.387. The van der Waals surface area contributed by atoms with Crippen LogP contribution in [0.15, 0.2) is 53.7 Å². The highest BCUT2D eigenvalue weighted by Gasteiger charge is 2.38. The first-order chi connectivity index (χ1) is 21.6. The molecule has 3 radical (unpaired) electrons. The van der Waals surface area contributed by atoms with Crippen LogP contribution in [-0.2, 0) is 13.0 Å². The SMILES string of the molecule is COc1cc(CCN(Cc2cn3c4c(c(F)c(F)cc4c2=O)OCC3C)[C@]2([Si])CCCN(c3ccc([N+](=O)[O-])nc3)C2)ccn1. The molecule has 0 spiro atoms. The lowest BCUT2D eigenvalue weighted by atomic mass is 9.99. The molecule has 6 rings (SSSR count). The predicted molar refractivity (Wildman–Crippen MR) is 164 cm³/mol. The number of nitrogens with zero attached hydrogens (tertiary/aromatic N) is 6. The van der Waals surface area contributed by atoms with Gasteiger partial charge in [0.05, 0.1) is 40.0 Å². The quantitative estimate of drug-likeness (QED) is 0.152. The van der Waals surface area contributed by atoms with E-state index in [1.165, 1.54) is 12.3 Å². The molecule has 0 amide bonds. The maximum atomic E-state index is 14.7. The number of anilines is 1. The molecule has 5 heterocycles. The second kappa shape index (κ2) is 12.2. The zero-order valence-corrected chi connectivity index (χ0v) is 25.8. The molecule has 233 valence electrons. The van der Waals surface area contributed by atoms with Crippen molar-refractivity contribution in [1.29, 1.82) is 0 Å². The van der Waals surface area contributed by atoms with Crippen LogP contribution in [0.4, 0.5) is 20.3 Å². The number of rotatable bonds is 9. The Morgan fingerprint density at radius 2 is 2.09 bits per heavy atom. The van der Waals surface area contributed by atoms with E-state index in [0.717, 1.165) is 36.7 Å². The van der Waals surface area contributed by atoms with Crippen molar-refractivity contribution in [3.63, 3.8) is 0 Å². The van der Waals surface area contributed by atoms with Crippen LogP contribution in [0.3, 0.4) is 0 Å². The van der Waals surface area contributed by atoms with Crippen LogP contribution < -0.4 is 19.8 Å². The van der Waals surface area contributed by atoms with Crippen LogP contribution in [0, 0.1) is 21.7 Å². The van der Waals surface area contributed by atoms with Gasteiger partial charge in [-0.2, -0.15) is 4.39 Å². The molecule has 11 nitrogen and oxygen atoms in total. The summed E-state index contributed by atoms with van der Waals surface area (Å²) < 4.78 is 41.9. The molecule has 2 atom stereocenters. The van der Waals surface area contributed by atoms with E-state index in [9.17, 15) is 23.7 Å². The Hall–Kier alpha value is -4.43. The lowest BCUT2D eigenvalue weighted by Gasteiger charge is -2.48. The van der Waals surface area contributed by atoms with Crippen molar-refractivity contribution >= 4 is 32.7 Å². The van der Waals surface area contributed by atoms with Crippen LogP contribution in [-0.4, -0.2) is 73.1 Å². The molecule has 1 aromatic carbocycles. The highest BCUT2D eigenvalue weighted by molar-refractivity contribution is 6.15. The summed E-state index contributed by atoms with van der Waals surface area (Å²) in [7, 11) is 5.67. The number of methoxy groups -OCH3 is 1. The normalized spacial score (nSPS) is 19.5. The zero-order chi connectivity index (χ0) is 31.9. The Morgan fingerprint density at radius 3 is 2.82 bits per heavy atom. The number of piperidine rings is 1. The third-order valence-corrected chi connectivity index (χ3v) is 9.31. The van der Waals surface area contributed by atoms with E-state index < -0.39 is 27.1 Å². The van der Waals surface area contributed by atoms with Gasteiger partial charge in [0, 0.05) is 61.4 Å². The zero-order valence-electron chi connectivity index (χ0n) is 24.8. The van der Waals surface area contributed by atoms with E-state index in [4.69, 9.17) is 9.47 Å². The molecule has 0 N–H and O–H groups in total. The van der Waals surface area contributed by atoms with Gasteiger partial charge in [-0.05, 0) is 59.9 Å². The Bertz CT molecular complexity index is 1820. The third-order valence-electron chi connectivity index (χ3n) is 8.58. The first-order valence-electron chi connectivity index (χ1n) is 14.6. The molecule has 2 aliphatic rings. The molecule has 3 aromatic heterocycles. The van der Waals surface area contributed by atoms with E-state index in [1.54, 1.807) is 30.1 Å². The fourth-order valence-corrected chi connectivity index (χ4v) is 6.74. The number of benzene rings is 1. The van der Waals surface area contributed by atoms with Crippen LogP contribution >= 0.6 is 0 Å². The molecule has 14 heteroatoms. The van der Waals surface area contributed by atoms with Crippen molar-refractivity contribution in [2.75, 3.05) is 38.3 Å². The fourth-order valence-electron chi connectivity index (χ4n) is 6.18. The number of halogens is 2. The second-order valence-corrected chi connectivity index (χ2v) is 12.4. The molecule has 4 aromatic rings. The molecule has 2 aliphatic heterocycles. The Kier molecular flexibility index (Phi) is 8.27. The van der Waals surface area contributed by atoms with Crippen molar-refractivity contribution in [3.8, 4) is 11.6 Å². The van der Waals surface area contributed by atoms with Crippen molar-refractivity contribution in [2.45, 2.75) is 43.9 Å². The number of pyridine rings is 3. The van der Waals surface area contributed by atoms with Gasteiger partial charge in [-0.25, -0.2) is 9.37 Å². The van der Waals surface area contributed by atoms with Crippen LogP contribution in [0.2, 0.25) is 0 Å². The van der Waals surface area contributed by atoms with Gasteiger partial charge in [-0.3, -0.25) is 9.69 Å². The van der Waals surface area contributed by atoms with Gasteiger partial charge in [0.1, 0.15) is 6.61 Å². The first-order valence-corrected chi connectivity index (χ1v) is 15.1. The van der Waals surface area contributed by atoms with Gasteiger partial charge in [-0.1, -0.05) is 0 Å². The average molecular weight is 634 g/mol. The summed E-state index contributed by atoms with van der Waals surface area (Å²) in [4.78, 5) is 37.0. The maximum Gasteiger partial charge on any atom is 0.363 e. The Balaban J connectivity index is 1.38. The lowest BCUT2D eigenvalue weighted by Crippen LogP contribution is -2.60. The summed E-state index contributed by atoms with van der Waals surface area (Å²) in [5.74, 6) is -2.21. The van der Waals surface area contributed by atoms with E-state index >= 15 is 0 Å². The molecular formula is C31H31F2N6O5Si. The standard InChI is InChI=1S/C31H31F2N6O5Si/c1-19-17-44-30-27(33)24(32)13-23-28(30)38(19)16-21(29(23)40)15-37(11-7-20-6-9-34-26(12-20)43-2)31(45)8-3-10-36(18-31)22-4-5-25(35-14-22)39(41)42/h4-6,9,12-14,16,19H,3,7-8,10-11,15,17-18H2,1-2H3/t19?,31-/m0/s1. The summed E-state index contributed by atoms with van der Waals surface area (Å²) in [6, 6.07) is 7.59. The minimum Gasteiger partial charge on any atom is -0.486 e. The van der Waals surface area contributed by atoms with Crippen molar-refractivity contribution < 1.29 is 23.2 Å². The molecule has 1 unspecified atom stereocenters. The van der Waals surface area contributed by atoms with Crippen LogP contribution in [0.25, 0.3) is 10.9 Å².